The van der Waals surface area contributed by atoms with Crippen molar-refractivity contribution in [1.29, 1.82) is 0 Å². The van der Waals surface area contributed by atoms with Gasteiger partial charge >= 0.3 is 5.97 Å². The van der Waals surface area contributed by atoms with E-state index < -0.39 is 5.97 Å². The van der Waals surface area contributed by atoms with E-state index in [9.17, 15) is 4.79 Å². The number of hydrogen-bond acceptors (Lipinski definition) is 5. The van der Waals surface area contributed by atoms with Gasteiger partial charge in [-0.25, -0.2) is 14.8 Å². The lowest BCUT2D eigenvalue weighted by molar-refractivity contribution is 0.0156. The normalized spacial score (nSPS) is 19.7. The Hall–Kier alpha value is -1.20. The molecular formula is C10H11ClN2O3. The van der Waals surface area contributed by atoms with Crippen LogP contribution in [0.2, 0.25) is 5.15 Å². The largest absolute Gasteiger partial charge is 0.458 e. The number of carbonyl (C=O) groups is 1. The van der Waals surface area contributed by atoms with E-state index in [1.165, 1.54) is 12.4 Å². The molecule has 86 valence electrons. The molecule has 2 rings (SSSR count). The molecule has 1 aliphatic heterocycles. The SMILES string of the molecule is O=C(OCC1CCCO1)c1cnc(Cl)cn1. The quantitative estimate of drug-likeness (QED) is 0.751. The van der Waals surface area contributed by atoms with Crippen LogP contribution < -0.4 is 0 Å². The molecule has 1 aromatic rings. The molecule has 0 aliphatic carbocycles. The van der Waals surface area contributed by atoms with Crippen LogP contribution in [0.1, 0.15) is 23.3 Å². The van der Waals surface area contributed by atoms with Crippen LogP contribution in [0.15, 0.2) is 12.4 Å². The van der Waals surface area contributed by atoms with Gasteiger partial charge in [-0.15, -0.1) is 0 Å². The highest BCUT2D eigenvalue weighted by atomic mass is 35.5. The number of aromatic nitrogens is 2. The molecule has 0 bridgehead atoms. The topological polar surface area (TPSA) is 61.3 Å². The number of halogens is 1. The van der Waals surface area contributed by atoms with Crippen molar-refractivity contribution in [3.8, 4) is 0 Å². The summed E-state index contributed by atoms with van der Waals surface area (Å²) in [6.07, 6.45) is 4.57. The Morgan fingerprint density at radius 3 is 3.06 bits per heavy atom. The lowest BCUT2D eigenvalue weighted by Crippen LogP contribution is -2.18. The molecule has 0 N–H and O–H groups in total. The summed E-state index contributed by atoms with van der Waals surface area (Å²) >= 11 is 5.55. The maximum absolute atomic E-state index is 11.5. The van der Waals surface area contributed by atoms with Crippen LogP contribution in [-0.4, -0.2) is 35.3 Å². The van der Waals surface area contributed by atoms with Crippen molar-refractivity contribution in [2.24, 2.45) is 0 Å². The van der Waals surface area contributed by atoms with Crippen molar-refractivity contribution in [2.45, 2.75) is 18.9 Å². The third-order valence-corrected chi connectivity index (χ3v) is 2.45. The van der Waals surface area contributed by atoms with Crippen molar-refractivity contribution in [1.82, 2.24) is 9.97 Å². The highest BCUT2D eigenvalue weighted by Gasteiger charge is 2.18. The monoisotopic (exact) mass is 242 g/mol. The van der Waals surface area contributed by atoms with E-state index in [1.807, 2.05) is 0 Å². The Bertz CT molecular complexity index is 363. The minimum absolute atomic E-state index is 0.0178. The van der Waals surface area contributed by atoms with E-state index in [4.69, 9.17) is 21.1 Å². The summed E-state index contributed by atoms with van der Waals surface area (Å²) in [5.41, 5.74) is 0.155. The molecule has 1 fully saturated rings. The van der Waals surface area contributed by atoms with Gasteiger partial charge in [-0.05, 0) is 12.8 Å². The van der Waals surface area contributed by atoms with E-state index >= 15 is 0 Å². The van der Waals surface area contributed by atoms with E-state index in [0.29, 0.717) is 0 Å². The summed E-state index contributed by atoms with van der Waals surface area (Å²) in [5.74, 6) is -0.500. The van der Waals surface area contributed by atoms with Crippen LogP contribution in [0.4, 0.5) is 0 Å². The second kappa shape index (κ2) is 5.23. The molecule has 0 aromatic carbocycles. The Kier molecular flexibility index (Phi) is 3.69. The summed E-state index contributed by atoms with van der Waals surface area (Å²) in [6, 6.07) is 0. The Morgan fingerprint density at radius 1 is 1.56 bits per heavy atom. The second-order valence-electron chi connectivity index (χ2n) is 3.46. The zero-order valence-electron chi connectivity index (χ0n) is 8.56. The van der Waals surface area contributed by atoms with Gasteiger partial charge in [0, 0.05) is 6.61 Å². The molecule has 0 saturated carbocycles. The highest BCUT2D eigenvalue weighted by Crippen LogP contribution is 2.12. The second-order valence-corrected chi connectivity index (χ2v) is 3.85. The number of esters is 1. The Balaban J connectivity index is 1.85. The average Bonchev–Trinajstić information content (AvgIpc) is 2.80. The van der Waals surface area contributed by atoms with Crippen molar-refractivity contribution in [3.63, 3.8) is 0 Å². The molecule has 1 atom stereocenters. The fourth-order valence-corrected chi connectivity index (χ4v) is 1.53. The van der Waals surface area contributed by atoms with Gasteiger partial charge in [0.15, 0.2) is 5.69 Å². The molecular weight excluding hydrogens is 232 g/mol. The fourth-order valence-electron chi connectivity index (χ4n) is 1.44. The maximum atomic E-state index is 11.5. The summed E-state index contributed by atoms with van der Waals surface area (Å²) in [4.78, 5) is 19.1. The van der Waals surface area contributed by atoms with Crippen molar-refractivity contribution in [2.75, 3.05) is 13.2 Å². The minimum atomic E-state index is -0.500. The number of hydrogen-bond donors (Lipinski definition) is 0. The predicted molar refractivity (Wildman–Crippen MR) is 56.3 cm³/mol. The average molecular weight is 243 g/mol. The van der Waals surface area contributed by atoms with Gasteiger partial charge in [-0.2, -0.15) is 0 Å². The third kappa shape index (κ3) is 2.90. The summed E-state index contributed by atoms with van der Waals surface area (Å²) in [6.45, 7) is 1.01. The molecule has 1 aliphatic rings. The first-order chi connectivity index (χ1) is 7.75. The van der Waals surface area contributed by atoms with Crippen LogP contribution in [-0.2, 0) is 9.47 Å². The molecule has 5 nitrogen and oxygen atoms in total. The smallest absolute Gasteiger partial charge is 0.358 e. The number of nitrogens with zero attached hydrogens (tertiary/aromatic N) is 2. The molecule has 0 amide bonds. The highest BCUT2D eigenvalue weighted by molar-refractivity contribution is 6.29. The van der Waals surface area contributed by atoms with Crippen LogP contribution in [0.5, 0.6) is 0 Å². The molecule has 1 aromatic heterocycles. The van der Waals surface area contributed by atoms with Crippen LogP contribution in [0.3, 0.4) is 0 Å². The Labute approximate surface area is 97.7 Å². The van der Waals surface area contributed by atoms with Crippen molar-refractivity contribution >= 4 is 17.6 Å². The molecule has 1 saturated heterocycles. The van der Waals surface area contributed by atoms with Crippen LogP contribution in [0, 0.1) is 0 Å². The van der Waals surface area contributed by atoms with Gasteiger partial charge in [0.1, 0.15) is 11.8 Å². The van der Waals surface area contributed by atoms with Crippen LogP contribution >= 0.6 is 11.6 Å². The molecule has 16 heavy (non-hydrogen) atoms. The molecule has 1 unspecified atom stereocenters. The predicted octanol–water partition coefficient (Wildman–Crippen LogP) is 1.47. The lowest BCUT2D eigenvalue weighted by atomic mass is 10.2. The van der Waals surface area contributed by atoms with Gasteiger partial charge in [0.05, 0.1) is 18.5 Å². The first-order valence-corrected chi connectivity index (χ1v) is 5.40. The van der Waals surface area contributed by atoms with E-state index in [0.717, 1.165) is 19.4 Å². The summed E-state index contributed by atoms with van der Waals surface area (Å²) < 4.78 is 10.4. The fraction of sp³-hybridized carbons (Fsp3) is 0.500. The van der Waals surface area contributed by atoms with Gasteiger partial charge in [0.2, 0.25) is 0 Å². The first kappa shape index (κ1) is 11.3. The lowest BCUT2D eigenvalue weighted by Gasteiger charge is -2.09. The van der Waals surface area contributed by atoms with Gasteiger partial charge in [0.25, 0.3) is 0 Å². The Morgan fingerprint density at radius 2 is 2.44 bits per heavy atom. The molecule has 6 heteroatoms. The number of carbonyl (C=O) groups excluding carboxylic acids is 1. The molecule has 2 heterocycles. The number of ether oxygens (including phenoxy) is 2. The standard InChI is InChI=1S/C10H11ClN2O3/c11-9-5-12-8(4-13-9)10(14)16-6-7-2-1-3-15-7/h4-5,7H,1-3,6H2. The van der Waals surface area contributed by atoms with Crippen molar-refractivity contribution < 1.29 is 14.3 Å². The number of rotatable bonds is 3. The van der Waals surface area contributed by atoms with Crippen molar-refractivity contribution in [3.05, 3.63) is 23.2 Å². The maximum Gasteiger partial charge on any atom is 0.358 e. The van der Waals surface area contributed by atoms with Gasteiger partial charge in [-0.3, -0.25) is 0 Å². The molecule has 0 radical (unpaired) electrons. The summed E-state index contributed by atoms with van der Waals surface area (Å²) in [7, 11) is 0. The zero-order chi connectivity index (χ0) is 11.4. The van der Waals surface area contributed by atoms with E-state index in [1.54, 1.807) is 0 Å². The minimum Gasteiger partial charge on any atom is -0.458 e. The first-order valence-electron chi connectivity index (χ1n) is 5.02. The molecule has 0 spiro atoms. The van der Waals surface area contributed by atoms with Gasteiger partial charge in [-0.1, -0.05) is 11.6 Å². The van der Waals surface area contributed by atoms with Crippen LogP contribution in [0.25, 0.3) is 0 Å². The van der Waals surface area contributed by atoms with E-state index in [2.05, 4.69) is 9.97 Å². The van der Waals surface area contributed by atoms with E-state index in [-0.39, 0.29) is 23.6 Å². The summed E-state index contributed by atoms with van der Waals surface area (Å²) in [5, 5.41) is 0.246. The van der Waals surface area contributed by atoms with Gasteiger partial charge < -0.3 is 9.47 Å². The third-order valence-electron chi connectivity index (χ3n) is 2.25. The zero-order valence-corrected chi connectivity index (χ0v) is 9.31.